The van der Waals surface area contributed by atoms with Crippen molar-refractivity contribution in [1.82, 2.24) is 24.9 Å². The van der Waals surface area contributed by atoms with Gasteiger partial charge in [-0.05, 0) is 39.0 Å². The second kappa shape index (κ2) is 7.34. The Morgan fingerprint density at radius 3 is 2.52 bits per heavy atom. The van der Waals surface area contributed by atoms with Gasteiger partial charge in [-0.3, -0.25) is 9.48 Å². The van der Waals surface area contributed by atoms with Gasteiger partial charge in [-0.25, -0.2) is 4.68 Å². The molecule has 0 fully saturated rings. The maximum atomic E-state index is 12.1. The normalized spacial score (nSPS) is 10.8. The highest BCUT2D eigenvalue weighted by Gasteiger charge is 2.13. The van der Waals surface area contributed by atoms with E-state index in [1.54, 1.807) is 4.68 Å². The molecule has 3 rings (SSSR count). The molecular formula is C19H23N5O. The molecule has 6 nitrogen and oxygen atoms in total. The van der Waals surface area contributed by atoms with Crippen molar-refractivity contribution < 1.29 is 4.79 Å². The maximum Gasteiger partial charge on any atom is 0.222 e. The molecule has 0 atom stereocenters. The summed E-state index contributed by atoms with van der Waals surface area (Å²) in [6.07, 6.45) is 2.30. The van der Waals surface area contributed by atoms with Crippen LogP contribution in [0.25, 0.3) is 5.69 Å². The molecule has 2 heterocycles. The molecule has 0 aliphatic heterocycles. The van der Waals surface area contributed by atoms with Crippen LogP contribution in [-0.4, -0.2) is 25.5 Å². The van der Waals surface area contributed by atoms with E-state index in [0.29, 0.717) is 19.5 Å². The fraction of sp³-hybridized carbons (Fsp3) is 0.316. The van der Waals surface area contributed by atoms with Crippen LogP contribution in [0.5, 0.6) is 0 Å². The zero-order chi connectivity index (χ0) is 17.8. The first-order valence-electron chi connectivity index (χ1n) is 8.42. The van der Waals surface area contributed by atoms with Crippen LogP contribution in [0.15, 0.2) is 42.6 Å². The number of benzene rings is 1. The van der Waals surface area contributed by atoms with E-state index in [-0.39, 0.29) is 5.91 Å². The van der Waals surface area contributed by atoms with Gasteiger partial charge in [0, 0.05) is 37.0 Å². The first kappa shape index (κ1) is 17.0. The Hall–Kier alpha value is -2.89. The second-order valence-corrected chi connectivity index (χ2v) is 6.14. The molecule has 1 aromatic carbocycles. The molecule has 0 radical (unpaired) electrons. The van der Waals surface area contributed by atoms with Crippen molar-refractivity contribution >= 4 is 5.91 Å². The van der Waals surface area contributed by atoms with E-state index in [2.05, 4.69) is 15.5 Å². The van der Waals surface area contributed by atoms with Crippen LogP contribution in [0, 0.1) is 20.8 Å². The maximum absolute atomic E-state index is 12.1. The first-order valence-corrected chi connectivity index (χ1v) is 8.42. The van der Waals surface area contributed by atoms with Gasteiger partial charge in [0.1, 0.15) is 0 Å². The number of hydrogen-bond acceptors (Lipinski definition) is 3. The summed E-state index contributed by atoms with van der Waals surface area (Å²) >= 11 is 0. The third kappa shape index (κ3) is 3.96. The largest absolute Gasteiger partial charge is 0.352 e. The molecule has 0 unspecified atom stereocenters. The zero-order valence-electron chi connectivity index (χ0n) is 14.9. The predicted molar refractivity (Wildman–Crippen MR) is 96.5 cm³/mol. The summed E-state index contributed by atoms with van der Waals surface area (Å²) < 4.78 is 3.71. The molecule has 0 aliphatic carbocycles. The van der Waals surface area contributed by atoms with Crippen LogP contribution in [0.1, 0.15) is 29.1 Å². The number of amides is 1. The Kier molecular flexibility index (Phi) is 4.97. The van der Waals surface area contributed by atoms with Crippen molar-refractivity contribution in [3.8, 4) is 5.69 Å². The molecule has 25 heavy (non-hydrogen) atoms. The number of carbonyl (C=O) groups excluding carboxylic acids is 1. The Morgan fingerprint density at radius 1 is 1.08 bits per heavy atom. The van der Waals surface area contributed by atoms with Gasteiger partial charge >= 0.3 is 0 Å². The number of rotatable bonds is 6. The quantitative estimate of drug-likeness (QED) is 0.752. The van der Waals surface area contributed by atoms with Gasteiger partial charge in [0.25, 0.3) is 0 Å². The highest BCUT2D eigenvalue weighted by molar-refractivity contribution is 5.75. The smallest absolute Gasteiger partial charge is 0.222 e. The van der Waals surface area contributed by atoms with Crippen LogP contribution in [0.2, 0.25) is 0 Å². The molecule has 0 bridgehead atoms. The third-order valence-corrected chi connectivity index (χ3v) is 4.25. The lowest BCUT2D eigenvalue weighted by Crippen LogP contribution is -2.24. The summed E-state index contributed by atoms with van der Waals surface area (Å²) in [5.41, 5.74) is 5.03. The molecule has 130 valence electrons. The number of nitrogens with zero attached hydrogens (tertiary/aromatic N) is 4. The van der Waals surface area contributed by atoms with Crippen LogP contribution < -0.4 is 5.32 Å². The minimum absolute atomic E-state index is 0.0133. The summed E-state index contributed by atoms with van der Waals surface area (Å²) in [6, 6.07) is 11.9. The highest BCUT2D eigenvalue weighted by Crippen LogP contribution is 2.17. The Morgan fingerprint density at radius 2 is 1.84 bits per heavy atom. The highest BCUT2D eigenvalue weighted by atomic mass is 16.1. The molecule has 1 amide bonds. The fourth-order valence-corrected chi connectivity index (χ4v) is 2.83. The summed E-state index contributed by atoms with van der Waals surface area (Å²) in [4.78, 5) is 12.1. The lowest BCUT2D eigenvalue weighted by Gasteiger charge is -2.07. The summed E-state index contributed by atoms with van der Waals surface area (Å²) in [5, 5.41) is 11.9. The number of para-hydroxylation sites is 1. The molecule has 2 aromatic heterocycles. The van der Waals surface area contributed by atoms with Crippen LogP contribution in [0.4, 0.5) is 0 Å². The van der Waals surface area contributed by atoms with Gasteiger partial charge in [0.05, 0.1) is 17.1 Å². The van der Waals surface area contributed by atoms with Crippen molar-refractivity contribution in [2.24, 2.45) is 0 Å². The molecule has 6 heteroatoms. The minimum Gasteiger partial charge on any atom is -0.352 e. The predicted octanol–water partition coefficient (Wildman–Crippen LogP) is 2.70. The van der Waals surface area contributed by atoms with Crippen molar-refractivity contribution in [3.63, 3.8) is 0 Å². The van der Waals surface area contributed by atoms with E-state index in [0.717, 1.165) is 28.3 Å². The molecule has 0 saturated heterocycles. The Labute approximate surface area is 147 Å². The Bertz CT molecular complexity index is 863. The topological polar surface area (TPSA) is 64.7 Å². The average molecular weight is 337 g/mol. The van der Waals surface area contributed by atoms with E-state index in [4.69, 9.17) is 0 Å². The van der Waals surface area contributed by atoms with Crippen molar-refractivity contribution in [1.29, 1.82) is 0 Å². The number of hydrogen-bond donors (Lipinski definition) is 1. The van der Waals surface area contributed by atoms with Gasteiger partial charge < -0.3 is 5.32 Å². The fourth-order valence-electron chi connectivity index (χ4n) is 2.83. The lowest BCUT2D eigenvalue weighted by atomic mass is 10.2. The van der Waals surface area contributed by atoms with E-state index < -0.39 is 0 Å². The molecule has 0 spiro atoms. The molecule has 0 saturated carbocycles. The second-order valence-electron chi connectivity index (χ2n) is 6.14. The van der Waals surface area contributed by atoms with Gasteiger partial charge in [0.15, 0.2) is 0 Å². The van der Waals surface area contributed by atoms with E-state index in [1.807, 2.05) is 68.0 Å². The molecule has 3 aromatic rings. The zero-order valence-corrected chi connectivity index (χ0v) is 14.9. The average Bonchev–Trinajstić information content (AvgIpc) is 3.15. The summed E-state index contributed by atoms with van der Waals surface area (Å²) in [7, 11) is 0. The number of nitrogens with one attached hydrogen (secondary N) is 1. The summed E-state index contributed by atoms with van der Waals surface area (Å²) in [5.74, 6) is 0.0133. The van der Waals surface area contributed by atoms with E-state index in [9.17, 15) is 4.79 Å². The van der Waals surface area contributed by atoms with Crippen LogP contribution in [0.3, 0.4) is 0 Å². The van der Waals surface area contributed by atoms with Crippen molar-refractivity contribution in [3.05, 3.63) is 65.2 Å². The molecule has 1 N–H and O–H groups in total. The molecule has 0 aliphatic rings. The van der Waals surface area contributed by atoms with Gasteiger partial charge in [-0.15, -0.1) is 0 Å². The third-order valence-electron chi connectivity index (χ3n) is 4.25. The first-order chi connectivity index (χ1) is 12.0. The number of carbonyl (C=O) groups is 1. The number of aromatic nitrogens is 4. The van der Waals surface area contributed by atoms with Gasteiger partial charge in [0.2, 0.25) is 5.91 Å². The molecular weight excluding hydrogens is 314 g/mol. The summed E-state index contributed by atoms with van der Waals surface area (Å²) in [6.45, 7) is 7.01. The van der Waals surface area contributed by atoms with Crippen LogP contribution in [-0.2, 0) is 17.9 Å². The monoisotopic (exact) mass is 337 g/mol. The number of aryl methyl sites for hydroxylation is 3. The van der Waals surface area contributed by atoms with Crippen molar-refractivity contribution in [2.45, 2.75) is 40.3 Å². The SMILES string of the molecule is Cc1ccn(CCC(=O)NCc2c(C)nn(-c3ccccc3)c2C)n1. The van der Waals surface area contributed by atoms with E-state index in [1.165, 1.54) is 0 Å². The van der Waals surface area contributed by atoms with Gasteiger partial charge in [-0.1, -0.05) is 18.2 Å². The minimum atomic E-state index is 0.0133. The standard InChI is InChI=1S/C19H23N5O/c1-14-9-11-23(21-14)12-10-19(25)20-13-18-15(2)22-24(16(18)3)17-7-5-4-6-8-17/h4-9,11H,10,12-13H2,1-3H3,(H,20,25). The van der Waals surface area contributed by atoms with Crippen molar-refractivity contribution in [2.75, 3.05) is 0 Å². The van der Waals surface area contributed by atoms with Gasteiger partial charge in [-0.2, -0.15) is 10.2 Å². The van der Waals surface area contributed by atoms with Crippen LogP contribution >= 0.6 is 0 Å². The van der Waals surface area contributed by atoms with E-state index >= 15 is 0 Å². The lowest BCUT2D eigenvalue weighted by molar-refractivity contribution is -0.121. The Balaban J connectivity index is 1.61.